The molecule has 0 saturated heterocycles. The van der Waals surface area contributed by atoms with Gasteiger partial charge in [-0.3, -0.25) is 0 Å². The van der Waals surface area contributed by atoms with Crippen molar-refractivity contribution < 1.29 is 0 Å². The highest BCUT2D eigenvalue weighted by atomic mass is 35.5. The van der Waals surface area contributed by atoms with Crippen molar-refractivity contribution in [3.8, 4) is 0 Å². The van der Waals surface area contributed by atoms with E-state index < -0.39 is 0 Å². The summed E-state index contributed by atoms with van der Waals surface area (Å²) in [6.45, 7) is 2.31. The van der Waals surface area contributed by atoms with Crippen LogP contribution < -0.4 is 0 Å². The van der Waals surface area contributed by atoms with E-state index in [2.05, 4.69) is 67.6 Å². The van der Waals surface area contributed by atoms with Gasteiger partial charge in [0.2, 0.25) is 0 Å². The predicted octanol–water partition coefficient (Wildman–Crippen LogP) is 7.87. The van der Waals surface area contributed by atoms with E-state index in [-0.39, 0.29) is 0 Å². The molecule has 0 aliphatic heterocycles. The Morgan fingerprint density at radius 1 is 0.926 bits per heavy atom. The fourth-order valence-electron chi connectivity index (χ4n) is 4.55. The maximum atomic E-state index is 6.70. The van der Waals surface area contributed by atoms with Crippen molar-refractivity contribution in [2.45, 2.75) is 45.4 Å². The highest BCUT2D eigenvalue weighted by molar-refractivity contribution is 6.31. The Balaban J connectivity index is 1.67. The van der Waals surface area contributed by atoms with Gasteiger partial charge in [0.25, 0.3) is 0 Å². The minimum Gasteiger partial charge on any atom is -0.0840 e. The molecule has 1 heteroatoms. The first-order chi connectivity index (χ1) is 13.3. The van der Waals surface area contributed by atoms with Crippen LogP contribution in [0, 0.1) is 5.92 Å². The first-order valence-electron chi connectivity index (χ1n) is 10.2. The second-order valence-electron chi connectivity index (χ2n) is 7.60. The van der Waals surface area contributed by atoms with Crippen molar-refractivity contribution >= 4 is 27.9 Å². The van der Waals surface area contributed by atoms with Crippen LogP contribution in [0.15, 0.2) is 66.7 Å². The number of hydrogen-bond donors (Lipinski definition) is 0. The largest absolute Gasteiger partial charge is 0.0840 e. The lowest BCUT2D eigenvalue weighted by Gasteiger charge is -2.26. The Labute approximate surface area is 167 Å². The zero-order chi connectivity index (χ0) is 18.6. The first-order valence-corrected chi connectivity index (χ1v) is 10.6. The number of allylic oxidation sites excluding steroid dienone is 2. The maximum absolute atomic E-state index is 6.70. The van der Waals surface area contributed by atoms with Crippen molar-refractivity contribution in [1.82, 2.24) is 0 Å². The first kappa shape index (κ1) is 18.3. The summed E-state index contributed by atoms with van der Waals surface area (Å²) in [7, 11) is 0. The number of fused-ring (bicyclic) bond motifs is 1. The summed E-state index contributed by atoms with van der Waals surface area (Å²) < 4.78 is 0. The van der Waals surface area contributed by atoms with E-state index in [0.29, 0.717) is 5.92 Å². The molecule has 0 fully saturated rings. The van der Waals surface area contributed by atoms with Gasteiger partial charge in [0.1, 0.15) is 0 Å². The zero-order valence-corrected chi connectivity index (χ0v) is 16.8. The molecule has 138 valence electrons. The van der Waals surface area contributed by atoms with Gasteiger partial charge in [-0.05, 0) is 83.5 Å². The molecule has 0 nitrogen and oxygen atoms in total. The second-order valence-corrected chi connectivity index (χ2v) is 8.01. The van der Waals surface area contributed by atoms with Crippen LogP contribution in [0.2, 0.25) is 5.02 Å². The Morgan fingerprint density at radius 2 is 1.74 bits per heavy atom. The monoisotopic (exact) mass is 374 g/mol. The fraction of sp³-hybridized carbons (Fsp3) is 0.308. The molecule has 0 bridgehead atoms. The van der Waals surface area contributed by atoms with Gasteiger partial charge in [-0.1, -0.05) is 79.2 Å². The molecular formula is C26H27Cl. The van der Waals surface area contributed by atoms with Gasteiger partial charge in [-0.2, -0.15) is 0 Å². The molecule has 3 aromatic rings. The number of rotatable bonds is 5. The van der Waals surface area contributed by atoms with Crippen molar-refractivity contribution in [1.29, 1.82) is 0 Å². The van der Waals surface area contributed by atoms with Crippen molar-refractivity contribution in [3.63, 3.8) is 0 Å². The number of halogens is 1. The van der Waals surface area contributed by atoms with Crippen molar-refractivity contribution in [2.75, 3.05) is 0 Å². The Hall–Kier alpha value is -2.05. The van der Waals surface area contributed by atoms with Crippen LogP contribution in [-0.2, 0) is 12.8 Å². The Kier molecular flexibility index (Phi) is 5.64. The predicted molar refractivity (Wildman–Crippen MR) is 118 cm³/mol. The third-order valence-electron chi connectivity index (χ3n) is 6.01. The molecule has 0 N–H and O–H groups in total. The quantitative estimate of drug-likeness (QED) is 0.426. The lowest BCUT2D eigenvalue weighted by molar-refractivity contribution is 0.543. The SMILES string of the molecule is CCC1CCCC=C1c1cccc(Cl)c1CCc1cccc2ccccc12. The van der Waals surface area contributed by atoms with Crippen LogP contribution in [-0.4, -0.2) is 0 Å². The van der Waals surface area contributed by atoms with E-state index in [0.717, 1.165) is 17.9 Å². The minimum atomic E-state index is 0.675. The van der Waals surface area contributed by atoms with Gasteiger partial charge in [0.15, 0.2) is 0 Å². The van der Waals surface area contributed by atoms with Gasteiger partial charge in [-0.25, -0.2) is 0 Å². The molecule has 0 saturated carbocycles. The van der Waals surface area contributed by atoms with E-state index >= 15 is 0 Å². The number of aryl methyl sites for hydroxylation is 1. The normalized spacial score (nSPS) is 17.1. The lowest BCUT2D eigenvalue weighted by Crippen LogP contribution is -2.09. The third kappa shape index (κ3) is 3.82. The van der Waals surface area contributed by atoms with Crippen LogP contribution in [0.4, 0.5) is 0 Å². The van der Waals surface area contributed by atoms with E-state index in [1.807, 2.05) is 6.07 Å². The summed E-state index contributed by atoms with van der Waals surface area (Å²) >= 11 is 6.70. The molecular weight excluding hydrogens is 348 g/mol. The summed E-state index contributed by atoms with van der Waals surface area (Å²) in [6.07, 6.45) is 9.48. The molecule has 1 aliphatic rings. The highest BCUT2D eigenvalue weighted by Crippen LogP contribution is 2.38. The molecule has 0 amide bonds. The second kappa shape index (κ2) is 8.31. The van der Waals surface area contributed by atoms with Crippen LogP contribution in [0.5, 0.6) is 0 Å². The molecule has 0 aromatic heterocycles. The van der Waals surface area contributed by atoms with Gasteiger partial charge >= 0.3 is 0 Å². The summed E-state index contributed by atoms with van der Waals surface area (Å²) in [6, 6.07) is 21.7. The molecule has 1 unspecified atom stereocenters. The lowest BCUT2D eigenvalue weighted by atomic mass is 9.80. The van der Waals surface area contributed by atoms with Crippen LogP contribution >= 0.6 is 11.6 Å². The smallest absolute Gasteiger partial charge is 0.0444 e. The molecule has 27 heavy (non-hydrogen) atoms. The van der Waals surface area contributed by atoms with E-state index in [4.69, 9.17) is 11.6 Å². The molecule has 0 heterocycles. The number of hydrogen-bond acceptors (Lipinski definition) is 0. The summed E-state index contributed by atoms with van der Waals surface area (Å²) in [4.78, 5) is 0. The minimum absolute atomic E-state index is 0.675. The summed E-state index contributed by atoms with van der Waals surface area (Å²) in [5.74, 6) is 0.675. The van der Waals surface area contributed by atoms with E-state index in [1.54, 1.807) is 0 Å². The standard InChI is InChI=1S/C26H27Cl/c1-2-19-9-3-6-14-23(19)24-15-8-16-26(27)25(24)18-17-21-12-7-11-20-10-4-5-13-22(20)21/h4-5,7-8,10-16,19H,2-3,6,9,17-18H2,1H3. The van der Waals surface area contributed by atoms with Crippen LogP contribution in [0.1, 0.15) is 49.3 Å². The van der Waals surface area contributed by atoms with Gasteiger partial charge in [-0.15, -0.1) is 0 Å². The molecule has 4 rings (SSSR count). The topological polar surface area (TPSA) is 0 Å². The summed E-state index contributed by atoms with van der Waals surface area (Å²) in [5, 5.41) is 3.58. The zero-order valence-electron chi connectivity index (χ0n) is 16.0. The van der Waals surface area contributed by atoms with E-state index in [1.165, 1.54) is 58.7 Å². The number of benzene rings is 3. The fourth-order valence-corrected chi connectivity index (χ4v) is 4.82. The Bertz CT molecular complexity index is 962. The van der Waals surface area contributed by atoms with Gasteiger partial charge in [0, 0.05) is 5.02 Å². The van der Waals surface area contributed by atoms with Crippen molar-refractivity contribution in [3.05, 3.63) is 88.5 Å². The molecule has 1 atom stereocenters. The average Bonchev–Trinajstić information content (AvgIpc) is 2.72. The van der Waals surface area contributed by atoms with Gasteiger partial charge < -0.3 is 0 Å². The van der Waals surface area contributed by atoms with E-state index in [9.17, 15) is 0 Å². The molecule has 0 spiro atoms. The summed E-state index contributed by atoms with van der Waals surface area (Å²) in [5.41, 5.74) is 5.63. The highest BCUT2D eigenvalue weighted by Gasteiger charge is 2.20. The molecule has 3 aromatic carbocycles. The average molecular weight is 375 g/mol. The van der Waals surface area contributed by atoms with Gasteiger partial charge in [0.05, 0.1) is 0 Å². The molecule has 0 radical (unpaired) electrons. The third-order valence-corrected chi connectivity index (χ3v) is 6.36. The van der Waals surface area contributed by atoms with Crippen LogP contribution in [0.3, 0.4) is 0 Å². The Morgan fingerprint density at radius 3 is 2.63 bits per heavy atom. The van der Waals surface area contributed by atoms with Crippen molar-refractivity contribution in [2.24, 2.45) is 5.92 Å². The maximum Gasteiger partial charge on any atom is 0.0444 e. The molecule has 1 aliphatic carbocycles. The van der Waals surface area contributed by atoms with Crippen LogP contribution in [0.25, 0.3) is 16.3 Å².